The number of H-pyrrole nitrogens is 1. The van der Waals surface area contributed by atoms with Gasteiger partial charge in [-0.2, -0.15) is 0 Å². The molecule has 26 heavy (non-hydrogen) atoms. The minimum atomic E-state index is -0.270. The zero-order chi connectivity index (χ0) is 18.5. The van der Waals surface area contributed by atoms with Crippen molar-refractivity contribution in [3.63, 3.8) is 0 Å². The first-order valence-corrected chi connectivity index (χ1v) is 9.91. The molecule has 136 valence electrons. The quantitative estimate of drug-likeness (QED) is 0.700. The smallest absolute Gasteiger partial charge is 0.259 e. The Morgan fingerprint density at radius 3 is 2.81 bits per heavy atom. The van der Waals surface area contributed by atoms with Gasteiger partial charge in [0.15, 0.2) is 0 Å². The summed E-state index contributed by atoms with van der Waals surface area (Å²) >= 11 is 1.64. The highest BCUT2D eigenvalue weighted by atomic mass is 32.1. The van der Waals surface area contributed by atoms with Crippen molar-refractivity contribution in [2.45, 2.75) is 46.5 Å². The van der Waals surface area contributed by atoms with Gasteiger partial charge in [0, 0.05) is 11.3 Å². The molecule has 1 atom stereocenters. The monoisotopic (exact) mass is 370 g/mol. The number of nitrogens with zero attached hydrogens (tertiary/aromatic N) is 1. The standard InChI is InChI=1S/C21H23FN2OS/c1-21(2,3)13-8-9-14-16(11-13)26-20-18(14)19(25)23-17(24-20)10-12-6-4-5-7-15(12)22/h4-7,13H,8-11H2,1-3H3,(H,23,24,25). The third-order valence-electron chi connectivity index (χ3n) is 5.51. The molecule has 1 aliphatic rings. The van der Waals surface area contributed by atoms with Crippen molar-refractivity contribution in [3.8, 4) is 0 Å². The van der Waals surface area contributed by atoms with Crippen molar-refractivity contribution in [2.75, 3.05) is 0 Å². The predicted octanol–water partition coefficient (Wildman–Crippen LogP) is 4.87. The molecule has 0 amide bonds. The van der Waals surface area contributed by atoms with Crippen LogP contribution in [0.2, 0.25) is 0 Å². The van der Waals surface area contributed by atoms with E-state index in [1.54, 1.807) is 29.5 Å². The minimum absolute atomic E-state index is 0.0898. The molecule has 0 spiro atoms. The zero-order valence-corrected chi connectivity index (χ0v) is 16.2. The summed E-state index contributed by atoms with van der Waals surface area (Å²) in [6, 6.07) is 6.62. The van der Waals surface area contributed by atoms with Crippen LogP contribution in [-0.4, -0.2) is 9.97 Å². The van der Waals surface area contributed by atoms with Gasteiger partial charge in [0.25, 0.3) is 5.56 Å². The maximum Gasteiger partial charge on any atom is 0.259 e. The van der Waals surface area contributed by atoms with Gasteiger partial charge in [-0.3, -0.25) is 4.79 Å². The highest BCUT2D eigenvalue weighted by Gasteiger charge is 2.31. The fraction of sp³-hybridized carbons (Fsp3) is 0.429. The molecule has 0 saturated carbocycles. The second-order valence-electron chi connectivity index (χ2n) is 8.27. The molecule has 1 aromatic carbocycles. The van der Waals surface area contributed by atoms with Crippen LogP contribution >= 0.6 is 11.3 Å². The number of hydrogen-bond donors (Lipinski definition) is 1. The Morgan fingerprint density at radius 2 is 2.08 bits per heavy atom. The van der Waals surface area contributed by atoms with Crippen LogP contribution in [0.3, 0.4) is 0 Å². The molecular formula is C21H23FN2OS. The fourth-order valence-electron chi connectivity index (χ4n) is 3.87. The van der Waals surface area contributed by atoms with Crippen LogP contribution in [0.1, 0.15) is 49.0 Å². The summed E-state index contributed by atoms with van der Waals surface area (Å²) in [6.07, 6.45) is 3.36. The largest absolute Gasteiger partial charge is 0.310 e. The van der Waals surface area contributed by atoms with E-state index in [0.717, 1.165) is 29.5 Å². The number of halogens is 1. The minimum Gasteiger partial charge on any atom is -0.310 e. The van der Waals surface area contributed by atoms with E-state index in [1.165, 1.54) is 16.5 Å². The Labute approximate surface area is 156 Å². The van der Waals surface area contributed by atoms with E-state index < -0.39 is 0 Å². The number of aromatic amines is 1. The van der Waals surface area contributed by atoms with Crippen LogP contribution in [-0.2, 0) is 19.3 Å². The number of rotatable bonds is 2. The fourth-order valence-corrected chi connectivity index (χ4v) is 5.19. The van der Waals surface area contributed by atoms with Gasteiger partial charge in [-0.25, -0.2) is 9.37 Å². The Kier molecular flexibility index (Phi) is 4.22. The number of thiophene rings is 1. The molecule has 0 aliphatic heterocycles. The van der Waals surface area contributed by atoms with Gasteiger partial charge in [-0.15, -0.1) is 11.3 Å². The van der Waals surface area contributed by atoms with Crippen molar-refractivity contribution in [1.29, 1.82) is 0 Å². The van der Waals surface area contributed by atoms with E-state index in [0.29, 0.717) is 23.7 Å². The van der Waals surface area contributed by atoms with E-state index in [2.05, 4.69) is 30.7 Å². The van der Waals surface area contributed by atoms with Crippen LogP contribution in [0.15, 0.2) is 29.1 Å². The molecular weight excluding hydrogens is 347 g/mol. The Hall–Kier alpha value is -2.01. The van der Waals surface area contributed by atoms with E-state index in [1.807, 2.05) is 0 Å². The maximum atomic E-state index is 13.9. The predicted molar refractivity (Wildman–Crippen MR) is 104 cm³/mol. The van der Waals surface area contributed by atoms with E-state index >= 15 is 0 Å². The van der Waals surface area contributed by atoms with Crippen molar-refractivity contribution < 1.29 is 4.39 Å². The first-order chi connectivity index (χ1) is 12.3. The summed E-state index contributed by atoms with van der Waals surface area (Å²) in [6.45, 7) is 6.86. The van der Waals surface area contributed by atoms with Gasteiger partial charge >= 0.3 is 0 Å². The Balaban J connectivity index is 1.73. The van der Waals surface area contributed by atoms with Crippen LogP contribution in [0.25, 0.3) is 10.2 Å². The first-order valence-electron chi connectivity index (χ1n) is 9.10. The lowest BCUT2D eigenvalue weighted by Crippen LogP contribution is -2.26. The summed E-state index contributed by atoms with van der Waals surface area (Å²) in [5.41, 5.74) is 1.90. The summed E-state index contributed by atoms with van der Waals surface area (Å²) in [7, 11) is 0. The highest BCUT2D eigenvalue weighted by molar-refractivity contribution is 7.18. The van der Waals surface area contributed by atoms with Crippen LogP contribution in [0.5, 0.6) is 0 Å². The number of fused-ring (bicyclic) bond motifs is 3. The third kappa shape index (κ3) is 3.09. The number of aryl methyl sites for hydroxylation is 1. The number of benzene rings is 1. The topological polar surface area (TPSA) is 45.8 Å². The van der Waals surface area contributed by atoms with E-state index in [-0.39, 0.29) is 16.8 Å². The summed E-state index contributed by atoms with van der Waals surface area (Å²) < 4.78 is 13.9. The molecule has 2 aromatic heterocycles. The molecule has 5 heteroatoms. The maximum absolute atomic E-state index is 13.9. The number of nitrogens with one attached hydrogen (secondary N) is 1. The SMILES string of the molecule is CC(C)(C)C1CCc2c(sc3nc(Cc4ccccc4F)[nH]c(=O)c23)C1. The molecule has 2 heterocycles. The molecule has 1 N–H and O–H groups in total. The molecule has 1 aliphatic carbocycles. The average Bonchev–Trinajstić information content (AvgIpc) is 2.94. The van der Waals surface area contributed by atoms with Crippen molar-refractivity contribution in [3.05, 3.63) is 62.3 Å². The molecule has 1 unspecified atom stereocenters. The molecule has 4 rings (SSSR count). The summed E-state index contributed by atoms with van der Waals surface area (Å²) in [4.78, 5) is 22.3. The lowest BCUT2D eigenvalue weighted by molar-refractivity contribution is 0.218. The van der Waals surface area contributed by atoms with Crippen molar-refractivity contribution >= 4 is 21.6 Å². The molecule has 0 bridgehead atoms. The first kappa shape index (κ1) is 17.4. The number of hydrogen-bond acceptors (Lipinski definition) is 3. The van der Waals surface area contributed by atoms with Crippen molar-refractivity contribution in [2.24, 2.45) is 11.3 Å². The Bertz CT molecular complexity index is 1030. The van der Waals surface area contributed by atoms with Gasteiger partial charge in [0.05, 0.1) is 5.39 Å². The van der Waals surface area contributed by atoms with Gasteiger partial charge in [-0.05, 0) is 47.8 Å². The molecule has 0 fully saturated rings. The second-order valence-corrected chi connectivity index (χ2v) is 9.35. The molecule has 0 saturated heterocycles. The van der Waals surface area contributed by atoms with Crippen LogP contribution in [0, 0.1) is 17.2 Å². The number of aromatic nitrogens is 2. The molecule has 3 nitrogen and oxygen atoms in total. The third-order valence-corrected chi connectivity index (χ3v) is 6.66. The van der Waals surface area contributed by atoms with Gasteiger partial charge in [-0.1, -0.05) is 39.0 Å². The Morgan fingerprint density at radius 1 is 1.31 bits per heavy atom. The second kappa shape index (κ2) is 6.31. The molecule has 3 aromatic rings. The summed E-state index contributed by atoms with van der Waals surface area (Å²) in [5.74, 6) is 0.882. The van der Waals surface area contributed by atoms with Crippen LogP contribution < -0.4 is 5.56 Å². The van der Waals surface area contributed by atoms with Crippen LogP contribution in [0.4, 0.5) is 4.39 Å². The van der Waals surface area contributed by atoms with Gasteiger partial charge < -0.3 is 4.98 Å². The van der Waals surface area contributed by atoms with E-state index in [4.69, 9.17) is 0 Å². The highest BCUT2D eigenvalue weighted by Crippen LogP contribution is 2.42. The zero-order valence-electron chi connectivity index (χ0n) is 15.4. The normalized spacial score (nSPS) is 17.5. The lowest BCUT2D eigenvalue weighted by Gasteiger charge is -2.33. The van der Waals surface area contributed by atoms with Gasteiger partial charge in [0.1, 0.15) is 16.5 Å². The average molecular weight is 370 g/mol. The molecule has 0 radical (unpaired) electrons. The van der Waals surface area contributed by atoms with E-state index in [9.17, 15) is 9.18 Å². The van der Waals surface area contributed by atoms with Crippen molar-refractivity contribution in [1.82, 2.24) is 9.97 Å². The lowest BCUT2D eigenvalue weighted by atomic mass is 9.72. The summed E-state index contributed by atoms with van der Waals surface area (Å²) in [5, 5.41) is 0.745. The van der Waals surface area contributed by atoms with Gasteiger partial charge in [0.2, 0.25) is 0 Å².